The van der Waals surface area contributed by atoms with Crippen LogP contribution < -0.4 is 11.2 Å². The first-order valence-corrected chi connectivity index (χ1v) is 5.34. The van der Waals surface area contributed by atoms with Gasteiger partial charge in [0, 0.05) is 0 Å². The number of hydrogen-bond donors (Lipinski definition) is 3. The second-order valence-corrected chi connectivity index (χ2v) is 3.81. The lowest BCUT2D eigenvalue weighted by atomic mass is 10.2. The van der Waals surface area contributed by atoms with Crippen LogP contribution in [-0.2, 0) is 0 Å². The van der Waals surface area contributed by atoms with Gasteiger partial charge in [-0.15, -0.1) is 0 Å². The minimum Gasteiger partial charge on any atom is -0.494 e. The molecule has 0 aliphatic heterocycles. The summed E-state index contributed by atoms with van der Waals surface area (Å²) in [6, 6.07) is 5.46. The molecular weight excluding hydrogens is 253 g/mol. The zero-order valence-electron chi connectivity index (χ0n) is 9.90. The van der Waals surface area contributed by atoms with E-state index in [9.17, 15) is 19.1 Å². The molecule has 0 spiro atoms. The van der Waals surface area contributed by atoms with E-state index < -0.39 is 22.9 Å². The second kappa shape index (κ2) is 4.89. The van der Waals surface area contributed by atoms with Crippen molar-refractivity contribution in [3.05, 3.63) is 56.5 Å². The summed E-state index contributed by atoms with van der Waals surface area (Å²) in [6.45, 7) is 1.47. The third-order valence-electron chi connectivity index (χ3n) is 2.39. The molecule has 2 aromatic rings. The molecule has 98 valence electrons. The van der Waals surface area contributed by atoms with Crippen molar-refractivity contribution in [1.82, 2.24) is 9.97 Å². The maximum absolute atomic E-state index is 13.0. The van der Waals surface area contributed by atoms with Gasteiger partial charge in [0.05, 0.1) is 11.4 Å². The zero-order chi connectivity index (χ0) is 14.0. The average Bonchev–Trinajstić information content (AvgIpc) is 2.27. The Morgan fingerprint density at radius 1 is 1.32 bits per heavy atom. The predicted molar refractivity (Wildman–Crippen MR) is 67.6 cm³/mol. The summed E-state index contributed by atoms with van der Waals surface area (Å²) < 4.78 is 13.0. The Balaban J connectivity index is 2.54. The quantitative estimate of drug-likeness (QED) is 0.706. The molecule has 2 rings (SSSR count). The topological polar surface area (TPSA) is 98.3 Å². The number of halogens is 1. The van der Waals surface area contributed by atoms with Crippen LogP contribution >= 0.6 is 0 Å². The first-order chi connectivity index (χ1) is 8.97. The number of aromatic amines is 2. The highest BCUT2D eigenvalue weighted by molar-refractivity contribution is 6.01. The molecule has 6 nitrogen and oxygen atoms in total. The van der Waals surface area contributed by atoms with Crippen molar-refractivity contribution in [2.45, 2.75) is 6.92 Å². The lowest BCUT2D eigenvalue weighted by Crippen LogP contribution is -2.27. The van der Waals surface area contributed by atoms with Crippen LogP contribution in [0.15, 0.2) is 38.8 Å². The van der Waals surface area contributed by atoms with Crippen molar-refractivity contribution in [3.8, 4) is 5.88 Å². The molecule has 0 fully saturated rings. The van der Waals surface area contributed by atoms with Crippen LogP contribution in [0.2, 0.25) is 0 Å². The summed E-state index contributed by atoms with van der Waals surface area (Å²) in [5.41, 5.74) is -1.30. The fourth-order valence-electron chi connectivity index (χ4n) is 1.61. The Kier molecular flexibility index (Phi) is 3.28. The summed E-state index contributed by atoms with van der Waals surface area (Å²) in [7, 11) is 0. The number of rotatable bonds is 2. The van der Waals surface area contributed by atoms with Gasteiger partial charge < -0.3 is 5.11 Å². The number of H-pyrrole nitrogens is 2. The summed E-state index contributed by atoms with van der Waals surface area (Å²) in [5.74, 6) is -1.04. The number of hydrogen-bond acceptors (Lipinski definition) is 4. The van der Waals surface area contributed by atoms with E-state index in [0.717, 1.165) is 0 Å². The van der Waals surface area contributed by atoms with Gasteiger partial charge in [-0.3, -0.25) is 19.8 Å². The van der Waals surface area contributed by atoms with Gasteiger partial charge in [0.2, 0.25) is 5.88 Å². The first kappa shape index (κ1) is 12.7. The Morgan fingerprint density at radius 3 is 2.68 bits per heavy atom. The number of aromatic hydroxyl groups is 1. The molecule has 0 amide bonds. The number of aliphatic imine (C=N–C) groups is 1. The molecule has 0 aliphatic rings. The molecule has 7 heteroatoms. The van der Waals surface area contributed by atoms with Crippen molar-refractivity contribution < 1.29 is 9.50 Å². The maximum atomic E-state index is 13.0. The largest absolute Gasteiger partial charge is 0.494 e. The van der Waals surface area contributed by atoms with Gasteiger partial charge in [-0.05, 0) is 25.1 Å². The molecule has 0 atom stereocenters. The summed E-state index contributed by atoms with van der Waals surface area (Å²) in [4.78, 5) is 30.5. The molecule has 0 unspecified atom stereocenters. The molecule has 0 saturated heterocycles. The SMILES string of the molecule is CC(=Nc1cccc(F)c1)c1c(O)[nH]c(=O)[nH]c1=O. The van der Waals surface area contributed by atoms with E-state index >= 15 is 0 Å². The van der Waals surface area contributed by atoms with Crippen molar-refractivity contribution in [2.24, 2.45) is 4.99 Å². The standard InChI is InChI=1S/C12H10FN3O3/c1-6(14-8-4-2-3-7(13)5-8)9-10(17)15-12(19)16-11(9)18/h2-5H,1H3,(H3,15,16,17,18,19). The summed E-state index contributed by atoms with van der Waals surface area (Å²) >= 11 is 0. The molecule has 19 heavy (non-hydrogen) atoms. The highest BCUT2D eigenvalue weighted by atomic mass is 19.1. The van der Waals surface area contributed by atoms with Gasteiger partial charge in [-0.2, -0.15) is 0 Å². The molecule has 1 aromatic heterocycles. The monoisotopic (exact) mass is 263 g/mol. The van der Waals surface area contributed by atoms with E-state index in [2.05, 4.69) is 4.99 Å². The minimum atomic E-state index is -0.815. The molecule has 0 bridgehead atoms. The maximum Gasteiger partial charge on any atom is 0.328 e. The van der Waals surface area contributed by atoms with Gasteiger partial charge in [0.25, 0.3) is 5.56 Å². The Bertz CT molecular complexity index is 761. The van der Waals surface area contributed by atoms with Gasteiger partial charge >= 0.3 is 5.69 Å². The lowest BCUT2D eigenvalue weighted by Gasteiger charge is -2.02. The van der Waals surface area contributed by atoms with E-state index in [1.54, 1.807) is 6.07 Å². The highest BCUT2D eigenvalue weighted by Crippen LogP contribution is 2.16. The molecule has 0 aliphatic carbocycles. The molecule has 1 heterocycles. The number of benzene rings is 1. The minimum absolute atomic E-state index is 0.153. The van der Waals surface area contributed by atoms with E-state index in [-0.39, 0.29) is 11.3 Å². The highest BCUT2D eigenvalue weighted by Gasteiger charge is 2.11. The Hall–Kier alpha value is -2.70. The van der Waals surface area contributed by atoms with Crippen molar-refractivity contribution >= 4 is 11.4 Å². The second-order valence-electron chi connectivity index (χ2n) is 3.81. The lowest BCUT2D eigenvalue weighted by molar-refractivity contribution is 0.447. The van der Waals surface area contributed by atoms with Crippen molar-refractivity contribution in [3.63, 3.8) is 0 Å². The van der Waals surface area contributed by atoms with Crippen LogP contribution in [0.4, 0.5) is 10.1 Å². The average molecular weight is 263 g/mol. The smallest absolute Gasteiger partial charge is 0.328 e. The van der Waals surface area contributed by atoms with E-state index in [1.807, 2.05) is 9.97 Å². The van der Waals surface area contributed by atoms with Crippen LogP contribution in [0.25, 0.3) is 0 Å². The number of nitrogens with zero attached hydrogens (tertiary/aromatic N) is 1. The van der Waals surface area contributed by atoms with Gasteiger partial charge in [0.1, 0.15) is 11.4 Å². The Morgan fingerprint density at radius 2 is 2.05 bits per heavy atom. The van der Waals surface area contributed by atoms with Gasteiger partial charge in [-0.25, -0.2) is 9.18 Å². The van der Waals surface area contributed by atoms with E-state index in [1.165, 1.54) is 25.1 Å². The fraction of sp³-hybridized carbons (Fsp3) is 0.0833. The van der Waals surface area contributed by atoms with Crippen LogP contribution in [0.1, 0.15) is 12.5 Å². The Labute approximate surface area is 106 Å². The van der Waals surface area contributed by atoms with Crippen LogP contribution in [0.3, 0.4) is 0 Å². The van der Waals surface area contributed by atoms with Crippen molar-refractivity contribution in [1.29, 1.82) is 0 Å². The normalized spacial score (nSPS) is 11.6. The van der Waals surface area contributed by atoms with Crippen LogP contribution in [0, 0.1) is 5.82 Å². The molecule has 0 radical (unpaired) electrons. The summed E-state index contributed by atoms with van der Waals surface area (Å²) in [6.07, 6.45) is 0. The molecule has 1 aromatic carbocycles. The van der Waals surface area contributed by atoms with Gasteiger partial charge in [0.15, 0.2) is 0 Å². The summed E-state index contributed by atoms with van der Waals surface area (Å²) in [5, 5.41) is 9.54. The van der Waals surface area contributed by atoms with Crippen LogP contribution in [0.5, 0.6) is 5.88 Å². The zero-order valence-corrected chi connectivity index (χ0v) is 9.90. The fourth-order valence-corrected chi connectivity index (χ4v) is 1.61. The third-order valence-corrected chi connectivity index (χ3v) is 2.39. The number of nitrogens with one attached hydrogen (secondary N) is 2. The van der Waals surface area contributed by atoms with E-state index in [0.29, 0.717) is 5.69 Å². The third kappa shape index (κ3) is 2.76. The molecule has 3 N–H and O–H groups in total. The van der Waals surface area contributed by atoms with Crippen LogP contribution in [-0.4, -0.2) is 20.8 Å². The molecular formula is C12H10FN3O3. The molecule has 0 saturated carbocycles. The number of aromatic nitrogens is 2. The van der Waals surface area contributed by atoms with Crippen molar-refractivity contribution in [2.75, 3.05) is 0 Å². The predicted octanol–water partition coefficient (Wildman–Crippen LogP) is 1.05. The van der Waals surface area contributed by atoms with Gasteiger partial charge in [-0.1, -0.05) is 6.07 Å². The first-order valence-electron chi connectivity index (χ1n) is 5.34. The van der Waals surface area contributed by atoms with E-state index in [4.69, 9.17) is 0 Å².